The lowest BCUT2D eigenvalue weighted by Gasteiger charge is -2.26. The molecule has 0 saturated carbocycles. The molecule has 0 spiro atoms. The molecule has 0 bridgehead atoms. The van der Waals surface area contributed by atoms with Crippen LogP contribution in [0.2, 0.25) is 0 Å². The molecule has 0 saturated heterocycles. The van der Waals surface area contributed by atoms with Crippen LogP contribution in [0.1, 0.15) is 114 Å². The summed E-state index contributed by atoms with van der Waals surface area (Å²) in [5, 5.41) is 0. The molecule has 0 aromatic heterocycles. The number of benzene rings is 1. The van der Waals surface area contributed by atoms with E-state index in [2.05, 4.69) is 110 Å². The van der Waals surface area contributed by atoms with E-state index in [0.717, 1.165) is 0 Å². The summed E-state index contributed by atoms with van der Waals surface area (Å²) in [5.74, 6) is 0. The van der Waals surface area contributed by atoms with Crippen molar-refractivity contribution < 1.29 is 0 Å². The molecular formula is C31H49I. The number of rotatable bonds is 12. The summed E-state index contributed by atoms with van der Waals surface area (Å²) in [6.07, 6.45) is 16.9. The van der Waals surface area contributed by atoms with E-state index in [9.17, 15) is 0 Å². The van der Waals surface area contributed by atoms with Crippen LogP contribution in [0.4, 0.5) is 0 Å². The predicted molar refractivity (Wildman–Crippen MR) is 155 cm³/mol. The Morgan fingerprint density at radius 1 is 0.688 bits per heavy atom. The Morgan fingerprint density at radius 2 is 1.22 bits per heavy atom. The van der Waals surface area contributed by atoms with Crippen molar-refractivity contribution >= 4 is 22.6 Å². The predicted octanol–water partition coefficient (Wildman–Crippen LogP) is 10.7. The van der Waals surface area contributed by atoms with Crippen LogP contribution in [0.5, 0.6) is 0 Å². The van der Waals surface area contributed by atoms with Gasteiger partial charge < -0.3 is 0 Å². The Kier molecular flexibility index (Phi) is 12.6. The molecule has 0 N–H and O–H groups in total. The van der Waals surface area contributed by atoms with Gasteiger partial charge in [-0.1, -0.05) is 48.8 Å². The fraction of sp³-hybridized carbons (Fsp3) is 0.613. The summed E-state index contributed by atoms with van der Waals surface area (Å²) in [7, 11) is 0. The third kappa shape index (κ3) is 9.98. The lowest BCUT2D eigenvalue weighted by Crippen LogP contribution is -2.14. The first-order valence-corrected chi connectivity index (χ1v) is 13.6. The van der Waals surface area contributed by atoms with E-state index in [1.165, 1.54) is 88.3 Å². The van der Waals surface area contributed by atoms with Crippen LogP contribution < -0.4 is 0 Å². The molecule has 0 aliphatic heterocycles. The highest BCUT2D eigenvalue weighted by Crippen LogP contribution is 2.33. The van der Waals surface area contributed by atoms with Gasteiger partial charge in [0.2, 0.25) is 0 Å². The third-order valence-electron chi connectivity index (χ3n) is 7.18. The Hall–Kier alpha value is -0.830. The van der Waals surface area contributed by atoms with Gasteiger partial charge in [0, 0.05) is 3.57 Å². The van der Waals surface area contributed by atoms with Crippen LogP contribution in [-0.4, -0.2) is 0 Å². The minimum atomic E-state index is 0.376. The maximum atomic E-state index is 2.54. The SMILES string of the molecule is CC(C)=CCC/C(C)=C/CC/C(C)=C/CCC(C)(C)CCc1c(C)c(C)c(C)c(I)c1C. The molecule has 1 heteroatoms. The van der Waals surface area contributed by atoms with Gasteiger partial charge >= 0.3 is 0 Å². The zero-order chi connectivity index (χ0) is 24.5. The molecule has 0 aliphatic carbocycles. The van der Waals surface area contributed by atoms with E-state index in [1.807, 2.05) is 0 Å². The van der Waals surface area contributed by atoms with E-state index in [1.54, 1.807) is 11.1 Å². The molecule has 1 aromatic rings. The second-order valence-corrected chi connectivity index (χ2v) is 12.0. The number of hydrogen-bond acceptors (Lipinski definition) is 0. The quantitative estimate of drug-likeness (QED) is 0.180. The summed E-state index contributed by atoms with van der Waals surface area (Å²) in [5.41, 5.74) is 12.4. The lowest BCUT2D eigenvalue weighted by molar-refractivity contribution is 0.310. The second-order valence-electron chi connectivity index (χ2n) is 11.0. The molecule has 0 heterocycles. The summed E-state index contributed by atoms with van der Waals surface area (Å²) in [6.45, 7) is 23.0. The van der Waals surface area contributed by atoms with Crippen LogP contribution in [-0.2, 0) is 6.42 Å². The van der Waals surface area contributed by atoms with Crippen molar-refractivity contribution in [3.8, 4) is 0 Å². The molecule has 180 valence electrons. The number of allylic oxidation sites excluding steroid dienone is 6. The Bertz CT molecular complexity index is 813. The highest BCUT2D eigenvalue weighted by Gasteiger charge is 2.20. The first kappa shape index (κ1) is 29.2. The largest absolute Gasteiger partial charge is 0.0856 e. The van der Waals surface area contributed by atoms with Crippen molar-refractivity contribution in [2.75, 3.05) is 0 Å². The van der Waals surface area contributed by atoms with Crippen LogP contribution >= 0.6 is 22.6 Å². The maximum absolute atomic E-state index is 2.54. The van der Waals surface area contributed by atoms with Crippen LogP contribution in [0.25, 0.3) is 0 Å². The van der Waals surface area contributed by atoms with Crippen molar-refractivity contribution in [2.24, 2.45) is 5.41 Å². The minimum absolute atomic E-state index is 0.376. The Morgan fingerprint density at radius 3 is 1.78 bits per heavy atom. The molecule has 0 radical (unpaired) electrons. The molecule has 1 aromatic carbocycles. The van der Waals surface area contributed by atoms with Crippen LogP contribution in [0, 0.1) is 36.7 Å². The summed E-state index contributed by atoms with van der Waals surface area (Å²) < 4.78 is 1.46. The highest BCUT2D eigenvalue weighted by atomic mass is 127. The average Bonchev–Trinajstić information content (AvgIpc) is 2.70. The van der Waals surface area contributed by atoms with Crippen molar-refractivity contribution in [3.05, 3.63) is 66.3 Å². The molecule has 0 unspecified atom stereocenters. The fourth-order valence-electron chi connectivity index (χ4n) is 4.38. The zero-order valence-corrected chi connectivity index (χ0v) is 24.9. The van der Waals surface area contributed by atoms with Gasteiger partial charge in [-0.2, -0.15) is 0 Å². The molecule has 0 atom stereocenters. The van der Waals surface area contributed by atoms with Crippen molar-refractivity contribution in [1.29, 1.82) is 0 Å². The van der Waals surface area contributed by atoms with Gasteiger partial charge in [0.15, 0.2) is 0 Å². The first-order chi connectivity index (χ1) is 14.9. The monoisotopic (exact) mass is 548 g/mol. The molecule has 1 rings (SSSR count). The van der Waals surface area contributed by atoms with Gasteiger partial charge in [-0.15, -0.1) is 0 Å². The fourth-order valence-corrected chi connectivity index (χ4v) is 5.11. The first-order valence-electron chi connectivity index (χ1n) is 12.5. The van der Waals surface area contributed by atoms with E-state index in [0.29, 0.717) is 5.41 Å². The van der Waals surface area contributed by atoms with Crippen molar-refractivity contribution in [1.82, 2.24) is 0 Å². The summed E-state index contributed by atoms with van der Waals surface area (Å²) in [6, 6.07) is 0. The van der Waals surface area contributed by atoms with Gasteiger partial charge in [0.05, 0.1) is 0 Å². The highest BCUT2D eigenvalue weighted by molar-refractivity contribution is 14.1. The van der Waals surface area contributed by atoms with Gasteiger partial charge in [-0.3, -0.25) is 0 Å². The lowest BCUT2D eigenvalue weighted by atomic mass is 9.80. The van der Waals surface area contributed by atoms with Crippen LogP contribution in [0.3, 0.4) is 0 Å². The molecular weight excluding hydrogens is 499 g/mol. The molecule has 0 amide bonds. The van der Waals surface area contributed by atoms with E-state index < -0.39 is 0 Å². The summed E-state index contributed by atoms with van der Waals surface area (Å²) in [4.78, 5) is 0. The van der Waals surface area contributed by atoms with E-state index in [4.69, 9.17) is 0 Å². The smallest absolute Gasteiger partial charge is 0.0194 e. The average molecular weight is 549 g/mol. The van der Waals surface area contributed by atoms with Gasteiger partial charge in [0.1, 0.15) is 0 Å². The molecule has 32 heavy (non-hydrogen) atoms. The maximum Gasteiger partial charge on any atom is 0.0194 e. The number of halogens is 1. The zero-order valence-electron chi connectivity index (χ0n) is 22.8. The number of hydrogen-bond donors (Lipinski definition) is 0. The standard InChI is InChI=1S/C31H49I/c1-22(2)14-11-15-23(3)16-12-17-24(4)18-13-20-31(9,10)21-19-29-26(6)25(5)27(7)30(32)28(29)8/h14,16,18H,11-13,15,17,19-21H2,1-10H3/b23-16+,24-18+. The topological polar surface area (TPSA) is 0 Å². The van der Waals surface area contributed by atoms with Gasteiger partial charge in [-0.05, 0) is 163 Å². The summed E-state index contributed by atoms with van der Waals surface area (Å²) >= 11 is 2.54. The van der Waals surface area contributed by atoms with Crippen molar-refractivity contribution in [3.63, 3.8) is 0 Å². The van der Waals surface area contributed by atoms with Gasteiger partial charge in [-0.25, -0.2) is 0 Å². The molecule has 0 nitrogen and oxygen atoms in total. The van der Waals surface area contributed by atoms with E-state index in [-0.39, 0.29) is 0 Å². The Balaban J connectivity index is 2.53. The molecule has 0 aliphatic rings. The minimum Gasteiger partial charge on any atom is -0.0856 e. The molecule has 0 fully saturated rings. The van der Waals surface area contributed by atoms with E-state index >= 15 is 0 Å². The van der Waals surface area contributed by atoms with Crippen molar-refractivity contribution in [2.45, 2.75) is 121 Å². The second kappa shape index (κ2) is 13.8. The third-order valence-corrected chi connectivity index (χ3v) is 8.80. The van der Waals surface area contributed by atoms with Gasteiger partial charge in [0.25, 0.3) is 0 Å². The van der Waals surface area contributed by atoms with Crippen LogP contribution in [0.15, 0.2) is 34.9 Å². The Labute approximate surface area is 214 Å². The normalized spacial score (nSPS) is 13.0.